The maximum absolute atomic E-state index is 5.43. The van der Waals surface area contributed by atoms with Crippen molar-refractivity contribution in [2.75, 3.05) is 47.2 Å². The van der Waals surface area contributed by atoms with Crippen LogP contribution in [0, 0.1) is 0 Å². The van der Waals surface area contributed by atoms with Gasteiger partial charge in [-0.05, 0) is 6.42 Å². The zero-order valence-electron chi connectivity index (χ0n) is 11.9. The smallest absolute Gasteiger partial charge is 0.0948 e. The van der Waals surface area contributed by atoms with Crippen LogP contribution in [0.4, 0.5) is 0 Å². The highest BCUT2D eigenvalue weighted by atomic mass is 16.5. The van der Waals surface area contributed by atoms with Crippen LogP contribution >= 0.6 is 0 Å². The van der Waals surface area contributed by atoms with E-state index in [1.165, 1.54) is 5.69 Å². The molecule has 6 heteroatoms. The molecule has 1 rings (SSSR count). The van der Waals surface area contributed by atoms with Crippen molar-refractivity contribution >= 4 is 0 Å². The van der Waals surface area contributed by atoms with Crippen LogP contribution in [-0.2, 0) is 27.3 Å². The summed E-state index contributed by atoms with van der Waals surface area (Å²) >= 11 is 0. The Morgan fingerprint density at radius 2 is 2.00 bits per heavy atom. The first-order valence-electron chi connectivity index (χ1n) is 6.63. The molecular weight excluding hydrogens is 246 g/mol. The molecule has 0 amide bonds. The number of methoxy groups -OCH3 is 2. The summed E-state index contributed by atoms with van der Waals surface area (Å²) in [5.74, 6) is 0. The van der Waals surface area contributed by atoms with Gasteiger partial charge >= 0.3 is 0 Å². The first-order chi connectivity index (χ1) is 9.38. The van der Waals surface area contributed by atoms with Gasteiger partial charge in [-0.2, -0.15) is 0 Å². The number of nitrogens with one attached hydrogen (secondary N) is 1. The minimum atomic E-state index is 0.653. The van der Waals surface area contributed by atoms with Gasteiger partial charge in [0.2, 0.25) is 0 Å². The summed E-state index contributed by atoms with van der Waals surface area (Å²) in [7, 11) is 3.38. The Hall–Kier alpha value is -0.950. The van der Waals surface area contributed by atoms with Gasteiger partial charge in [-0.25, -0.2) is 4.98 Å². The fourth-order valence-electron chi connectivity index (χ4n) is 1.67. The van der Waals surface area contributed by atoms with E-state index in [1.807, 2.05) is 12.5 Å². The maximum atomic E-state index is 5.43. The van der Waals surface area contributed by atoms with E-state index in [2.05, 4.69) is 14.9 Å². The number of nitrogens with zero attached hydrogens (tertiary/aromatic N) is 2. The first kappa shape index (κ1) is 16.1. The molecule has 0 bridgehead atoms. The van der Waals surface area contributed by atoms with Crippen molar-refractivity contribution in [1.29, 1.82) is 0 Å². The van der Waals surface area contributed by atoms with Gasteiger partial charge in [0, 0.05) is 46.7 Å². The molecule has 1 heterocycles. The average Bonchev–Trinajstić information content (AvgIpc) is 2.86. The van der Waals surface area contributed by atoms with E-state index in [1.54, 1.807) is 14.2 Å². The summed E-state index contributed by atoms with van der Waals surface area (Å²) in [5.41, 5.74) is 1.19. The van der Waals surface area contributed by atoms with Gasteiger partial charge in [0.1, 0.15) is 0 Å². The van der Waals surface area contributed by atoms with Crippen LogP contribution in [0.2, 0.25) is 0 Å². The third kappa shape index (κ3) is 7.27. The molecule has 0 spiro atoms. The van der Waals surface area contributed by atoms with Crippen molar-refractivity contribution in [2.45, 2.75) is 19.5 Å². The lowest BCUT2D eigenvalue weighted by Gasteiger charge is -2.09. The first-order valence-corrected chi connectivity index (χ1v) is 6.63. The monoisotopic (exact) mass is 271 g/mol. The van der Waals surface area contributed by atoms with Gasteiger partial charge in [-0.3, -0.25) is 0 Å². The molecule has 0 radical (unpaired) electrons. The topological polar surface area (TPSA) is 57.5 Å². The van der Waals surface area contributed by atoms with E-state index in [4.69, 9.17) is 14.2 Å². The van der Waals surface area contributed by atoms with Crippen LogP contribution in [0.1, 0.15) is 12.1 Å². The third-order valence-corrected chi connectivity index (χ3v) is 2.71. The summed E-state index contributed by atoms with van der Waals surface area (Å²) < 4.78 is 17.5. The summed E-state index contributed by atoms with van der Waals surface area (Å²) in [6.07, 6.45) is 4.74. The number of imidazole rings is 1. The zero-order valence-corrected chi connectivity index (χ0v) is 11.9. The van der Waals surface area contributed by atoms with E-state index >= 15 is 0 Å². The Kier molecular flexibility index (Phi) is 9.26. The van der Waals surface area contributed by atoms with Crippen molar-refractivity contribution in [1.82, 2.24) is 14.9 Å². The number of hydrogen-bond acceptors (Lipinski definition) is 5. The van der Waals surface area contributed by atoms with Gasteiger partial charge in [0.15, 0.2) is 0 Å². The van der Waals surface area contributed by atoms with Crippen molar-refractivity contribution in [2.24, 2.45) is 0 Å². The highest BCUT2D eigenvalue weighted by Crippen LogP contribution is 2.00. The molecule has 1 N–H and O–H groups in total. The molecule has 0 aliphatic rings. The molecule has 6 nitrogen and oxygen atoms in total. The molecular formula is C13H25N3O3. The quantitative estimate of drug-likeness (QED) is 0.566. The molecule has 0 saturated heterocycles. The molecule has 0 unspecified atom stereocenters. The summed E-state index contributed by atoms with van der Waals surface area (Å²) in [5, 5.41) is 3.31. The second-order valence-electron chi connectivity index (χ2n) is 4.21. The van der Waals surface area contributed by atoms with Crippen molar-refractivity contribution in [3.05, 3.63) is 18.2 Å². The Morgan fingerprint density at radius 1 is 1.16 bits per heavy atom. The minimum absolute atomic E-state index is 0.653. The van der Waals surface area contributed by atoms with Crippen LogP contribution in [0.3, 0.4) is 0 Å². The fourth-order valence-corrected chi connectivity index (χ4v) is 1.67. The van der Waals surface area contributed by atoms with Crippen LogP contribution in [-0.4, -0.2) is 56.7 Å². The Balaban J connectivity index is 2.13. The van der Waals surface area contributed by atoms with E-state index in [-0.39, 0.29) is 0 Å². The normalized spacial score (nSPS) is 11.1. The van der Waals surface area contributed by atoms with Gasteiger partial charge in [0.25, 0.3) is 0 Å². The number of aryl methyl sites for hydroxylation is 1. The predicted octanol–water partition coefficient (Wildman–Crippen LogP) is 0.672. The van der Waals surface area contributed by atoms with Gasteiger partial charge in [0.05, 0.1) is 31.8 Å². The SMILES string of the molecule is COCCNCc1cncn1CCCOCCOC. The molecule has 19 heavy (non-hydrogen) atoms. The number of ether oxygens (including phenoxy) is 3. The molecule has 0 atom stereocenters. The van der Waals surface area contributed by atoms with E-state index < -0.39 is 0 Å². The second-order valence-corrected chi connectivity index (χ2v) is 4.21. The van der Waals surface area contributed by atoms with Crippen LogP contribution < -0.4 is 5.32 Å². The van der Waals surface area contributed by atoms with Crippen LogP contribution in [0.15, 0.2) is 12.5 Å². The lowest BCUT2D eigenvalue weighted by molar-refractivity contribution is 0.0679. The van der Waals surface area contributed by atoms with E-state index in [0.717, 1.165) is 39.3 Å². The molecule has 0 fully saturated rings. The molecule has 110 valence electrons. The van der Waals surface area contributed by atoms with Crippen LogP contribution in [0.5, 0.6) is 0 Å². The van der Waals surface area contributed by atoms with E-state index in [0.29, 0.717) is 13.2 Å². The average molecular weight is 271 g/mol. The molecule has 1 aromatic heterocycles. The summed E-state index contributed by atoms with van der Waals surface area (Å²) in [6.45, 7) is 5.37. The van der Waals surface area contributed by atoms with Gasteiger partial charge in [-0.15, -0.1) is 0 Å². The largest absolute Gasteiger partial charge is 0.383 e. The Bertz CT molecular complexity index is 318. The van der Waals surface area contributed by atoms with Crippen LogP contribution in [0.25, 0.3) is 0 Å². The minimum Gasteiger partial charge on any atom is -0.383 e. The van der Waals surface area contributed by atoms with Crippen molar-refractivity contribution in [3.8, 4) is 0 Å². The summed E-state index contributed by atoms with van der Waals surface area (Å²) in [4.78, 5) is 4.18. The van der Waals surface area contributed by atoms with E-state index in [9.17, 15) is 0 Å². The maximum Gasteiger partial charge on any atom is 0.0948 e. The molecule has 0 aromatic carbocycles. The van der Waals surface area contributed by atoms with Gasteiger partial charge in [-0.1, -0.05) is 0 Å². The number of hydrogen-bond donors (Lipinski definition) is 1. The second kappa shape index (κ2) is 10.9. The lowest BCUT2D eigenvalue weighted by atomic mass is 10.4. The molecule has 0 aliphatic carbocycles. The lowest BCUT2D eigenvalue weighted by Crippen LogP contribution is -2.20. The highest BCUT2D eigenvalue weighted by Gasteiger charge is 2.01. The molecule has 1 aromatic rings. The van der Waals surface area contributed by atoms with Crippen molar-refractivity contribution in [3.63, 3.8) is 0 Å². The van der Waals surface area contributed by atoms with Crippen molar-refractivity contribution < 1.29 is 14.2 Å². The fraction of sp³-hybridized carbons (Fsp3) is 0.769. The summed E-state index contributed by atoms with van der Waals surface area (Å²) in [6, 6.07) is 0. The highest BCUT2D eigenvalue weighted by molar-refractivity contribution is 4.97. The third-order valence-electron chi connectivity index (χ3n) is 2.71. The Morgan fingerprint density at radius 3 is 2.79 bits per heavy atom. The predicted molar refractivity (Wildman–Crippen MR) is 73.1 cm³/mol. The van der Waals surface area contributed by atoms with Gasteiger partial charge < -0.3 is 24.1 Å². The molecule has 0 saturated carbocycles. The zero-order chi connectivity index (χ0) is 13.8. The molecule has 0 aliphatic heterocycles. The number of rotatable bonds is 12. The standard InChI is InChI=1S/C13H25N3O3/c1-17-7-4-14-10-13-11-15-12-16(13)5-3-6-19-9-8-18-2/h11-12,14H,3-10H2,1-2H3. The Labute approximate surface area is 115 Å². The number of aromatic nitrogens is 2.